The number of carbonyl (C=O) groups is 1. The molecule has 132 valence electrons. The molecule has 0 atom stereocenters. The van der Waals surface area contributed by atoms with E-state index in [2.05, 4.69) is 34.5 Å². The first-order valence-electron chi connectivity index (χ1n) is 8.68. The number of anilines is 1. The van der Waals surface area contributed by atoms with Crippen LogP contribution in [0.4, 0.5) is 10.1 Å². The molecule has 0 radical (unpaired) electrons. The van der Waals surface area contributed by atoms with Gasteiger partial charge in [0.15, 0.2) is 0 Å². The van der Waals surface area contributed by atoms with E-state index in [0.29, 0.717) is 12.1 Å². The van der Waals surface area contributed by atoms with Gasteiger partial charge in [-0.05, 0) is 48.7 Å². The topological polar surface area (TPSA) is 41.6 Å². The highest BCUT2D eigenvalue weighted by Gasteiger charge is 2.10. The average molecular weight is 342 g/mol. The predicted octanol–water partition coefficient (Wildman–Crippen LogP) is 3.02. The lowest BCUT2D eigenvalue weighted by molar-refractivity contribution is 0.0952. The molecule has 2 aromatic rings. The van der Waals surface area contributed by atoms with Gasteiger partial charge in [-0.25, -0.2) is 4.39 Å². The van der Waals surface area contributed by atoms with E-state index in [-0.39, 0.29) is 5.91 Å². The zero-order valence-electron chi connectivity index (χ0n) is 14.2. The third-order valence-electron chi connectivity index (χ3n) is 4.33. The molecule has 0 spiro atoms. The molecule has 1 aliphatic heterocycles. The molecule has 0 saturated carbocycles. The summed E-state index contributed by atoms with van der Waals surface area (Å²) < 4.78 is 18.5. The first-order valence-corrected chi connectivity index (χ1v) is 8.68. The SMILES string of the molecule is O=C(NCCCc1ccc(N2CCOCC2)cc1)c1cccc(F)c1. The average Bonchev–Trinajstić information content (AvgIpc) is 2.66. The van der Waals surface area contributed by atoms with Crippen LogP contribution in [0.3, 0.4) is 0 Å². The minimum atomic E-state index is -0.395. The van der Waals surface area contributed by atoms with Crippen LogP contribution in [-0.2, 0) is 11.2 Å². The zero-order valence-corrected chi connectivity index (χ0v) is 14.2. The number of aryl methyl sites for hydroxylation is 1. The van der Waals surface area contributed by atoms with Crippen LogP contribution in [0.15, 0.2) is 48.5 Å². The summed E-state index contributed by atoms with van der Waals surface area (Å²) in [5.74, 6) is -0.629. The van der Waals surface area contributed by atoms with Gasteiger partial charge >= 0.3 is 0 Å². The van der Waals surface area contributed by atoms with Crippen molar-refractivity contribution >= 4 is 11.6 Å². The Balaban J connectivity index is 1.42. The van der Waals surface area contributed by atoms with Crippen molar-refractivity contribution in [3.8, 4) is 0 Å². The Hall–Kier alpha value is -2.40. The fourth-order valence-corrected chi connectivity index (χ4v) is 2.92. The van der Waals surface area contributed by atoms with Gasteiger partial charge in [-0.15, -0.1) is 0 Å². The summed E-state index contributed by atoms with van der Waals surface area (Å²) in [5.41, 5.74) is 2.83. The van der Waals surface area contributed by atoms with Gasteiger partial charge < -0.3 is 15.0 Å². The second kappa shape index (κ2) is 8.62. The number of nitrogens with zero attached hydrogens (tertiary/aromatic N) is 1. The normalized spacial score (nSPS) is 14.4. The van der Waals surface area contributed by atoms with Crippen LogP contribution < -0.4 is 10.2 Å². The van der Waals surface area contributed by atoms with E-state index >= 15 is 0 Å². The van der Waals surface area contributed by atoms with E-state index in [4.69, 9.17) is 4.74 Å². The van der Waals surface area contributed by atoms with E-state index < -0.39 is 5.82 Å². The van der Waals surface area contributed by atoms with Gasteiger partial charge in [0.2, 0.25) is 0 Å². The molecular weight excluding hydrogens is 319 g/mol. The maximum atomic E-state index is 13.1. The highest BCUT2D eigenvalue weighted by Crippen LogP contribution is 2.17. The predicted molar refractivity (Wildman–Crippen MR) is 96.5 cm³/mol. The number of carbonyl (C=O) groups excluding carboxylic acids is 1. The molecule has 0 aromatic heterocycles. The summed E-state index contributed by atoms with van der Waals surface area (Å²) in [6.07, 6.45) is 1.74. The maximum absolute atomic E-state index is 13.1. The zero-order chi connectivity index (χ0) is 17.5. The standard InChI is InChI=1S/C20H23FN2O2/c21-18-5-1-4-17(15-18)20(24)22-10-2-3-16-6-8-19(9-7-16)23-11-13-25-14-12-23/h1,4-9,15H,2-3,10-14H2,(H,22,24). The van der Waals surface area contributed by atoms with Crippen molar-refractivity contribution in [3.05, 3.63) is 65.5 Å². The van der Waals surface area contributed by atoms with Crippen molar-refractivity contribution < 1.29 is 13.9 Å². The number of morpholine rings is 1. The van der Waals surface area contributed by atoms with E-state index in [9.17, 15) is 9.18 Å². The second-order valence-electron chi connectivity index (χ2n) is 6.14. The lowest BCUT2D eigenvalue weighted by Crippen LogP contribution is -2.36. The fourth-order valence-electron chi connectivity index (χ4n) is 2.92. The maximum Gasteiger partial charge on any atom is 0.251 e. The van der Waals surface area contributed by atoms with Gasteiger partial charge in [0, 0.05) is 30.9 Å². The third kappa shape index (κ3) is 5.03. The molecule has 5 heteroatoms. The summed E-state index contributed by atoms with van der Waals surface area (Å²) in [6.45, 7) is 4.01. The van der Waals surface area contributed by atoms with Crippen molar-refractivity contribution in [2.75, 3.05) is 37.7 Å². The van der Waals surface area contributed by atoms with Gasteiger partial charge in [0.1, 0.15) is 5.82 Å². The minimum absolute atomic E-state index is 0.234. The van der Waals surface area contributed by atoms with E-state index in [0.717, 1.165) is 39.1 Å². The number of benzene rings is 2. The summed E-state index contributed by atoms with van der Waals surface area (Å²) in [4.78, 5) is 14.3. The van der Waals surface area contributed by atoms with Crippen molar-refractivity contribution in [3.63, 3.8) is 0 Å². The van der Waals surface area contributed by atoms with Crippen LogP contribution in [0.2, 0.25) is 0 Å². The Morgan fingerprint density at radius 2 is 1.88 bits per heavy atom. The molecule has 1 fully saturated rings. The number of hydrogen-bond donors (Lipinski definition) is 1. The Kier molecular flexibility index (Phi) is 6.01. The first-order chi connectivity index (χ1) is 12.2. The minimum Gasteiger partial charge on any atom is -0.378 e. The van der Waals surface area contributed by atoms with Crippen LogP contribution in [-0.4, -0.2) is 38.8 Å². The number of nitrogens with one attached hydrogen (secondary N) is 1. The highest BCUT2D eigenvalue weighted by atomic mass is 19.1. The number of ether oxygens (including phenoxy) is 1. The molecular formula is C20H23FN2O2. The quantitative estimate of drug-likeness (QED) is 0.821. The van der Waals surface area contributed by atoms with E-state index in [1.54, 1.807) is 12.1 Å². The molecule has 1 heterocycles. The number of hydrogen-bond acceptors (Lipinski definition) is 3. The molecule has 1 N–H and O–H groups in total. The molecule has 2 aromatic carbocycles. The van der Waals surface area contributed by atoms with Crippen LogP contribution in [0.1, 0.15) is 22.3 Å². The third-order valence-corrected chi connectivity index (χ3v) is 4.33. The van der Waals surface area contributed by atoms with Crippen molar-refractivity contribution in [2.24, 2.45) is 0 Å². The molecule has 4 nitrogen and oxygen atoms in total. The van der Waals surface area contributed by atoms with Gasteiger partial charge in [-0.1, -0.05) is 18.2 Å². The smallest absolute Gasteiger partial charge is 0.251 e. The lowest BCUT2D eigenvalue weighted by Gasteiger charge is -2.28. The molecule has 1 aliphatic rings. The van der Waals surface area contributed by atoms with Crippen LogP contribution >= 0.6 is 0 Å². The Morgan fingerprint density at radius 1 is 1.12 bits per heavy atom. The van der Waals surface area contributed by atoms with Crippen LogP contribution in [0, 0.1) is 5.82 Å². The summed E-state index contributed by atoms with van der Waals surface area (Å²) >= 11 is 0. The lowest BCUT2D eigenvalue weighted by atomic mass is 10.1. The Morgan fingerprint density at radius 3 is 2.60 bits per heavy atom. The fraction of sp³-hybridized carbons (Fsp3) is 0.350. The van der Waals surface area contributed by atoms with Crippen LogP contribution in [0.25, 0.3) is 0 Å². The Labute approximate surface area is 147 Å². The van der Waals surface area contributed by atoms with Gasteiger partial charge in [-0.2, -0.15) is 0 Å². The van der Waals surface area contributed by atoms with Gasteiger partial charge in [0.25, 0.3) is 5.91 Å². The van der Waals surface area contributed by atoms with Crippen molar-refractivity contribution in [2.45, 2.75) is 12.8 Å². The summed E-state index contributed by atoms with van der Waals surface area (Å²) in [5, 5.41) is 2.83. The monoisotopic (exact) mass is 342 g/mol. The van der Waals surface area contributed by atoms with Crippen molar-refractivity contribution in [1.29, 1.82) is 0 Å². The second-order valence-corrected chi connectivity index (χ2v) is 6.14. The molecule has 3 rings (SSSR count). The highest BCUT2D eigenvalue weighted by molar-refractivity contribution is 5.94. The summed E-state index contributed by atoms with van der Waals surface area (Å²) in [6, 6.07) is 14.3. The molecule has 0 unspecified atom stereocenters. The first kappa shape index (κ1) is 17.4. The van der Waals surface area contributed by atoms with Gasteiger partial charge in [0.05, 0.1) is 13.2 Å². The molecule has 1 saturated heterocycles. The molecule has 25 heavy (non-hydrogen) atoms. The van der Waals surface area contributed by atoms with Crippen molar-refractivity contribution in [1.82, 2.24) is 5.32 Å². The number of rotatable bonds is 6. The van der Waals surface area contributed by atoms with E-state index in [1.165, 1.54) is 23.4 Å². The number of amides is 1. The summed E-state index contributed by atoms with van der Waals surface area (Å²) in [7, 11) is 0. The largest absolute Gasteiger partial charge is 0.378 e. The van der Waals surface area contributed by atoms with Gasteiger partial charge in [-0.3, -0.25) is 4.79 Å². The number of halogens is 1. The Bertz CT molecular complexity index is 697. The molecule has 1 amide bonds. The molecule has 0 bridgehead atoms. The molecule has 0 aliphatic carbocycles. The van der Waals surface area contributed by atoms with E-state index in [1.807, 2.05) is 0 Å². The van der Waals surface area contributed by atoms with Crippen LogP contribution in [0.5, 0.6) is 0 Å².